The van der Waals surface area contributed by atoms with Crippen LogP contribution in [0.4, 0.5) is 11.8 Å². The Bertz CT molecular complexity index is 360. The predicted octanol–water partition coefficient (Wildman–Crippen LogP) is 0.731. The lowest BCUT2D eigenvalue weighted by Gasteiger charge is -2.32. The van der Waals surface area contributed by atoms with Crippen molar-refractivity contribution in [1.82, 2.24) is 15.3 Å². The van der Waals surface area contributed by atoms with Gasteiger partial charge in [0.05, 0.1) is 0 Å². The van der Waals surface area contributed by atoms with Crippen molar-refractivity contribution in [2.24, 2.45) is 0 Å². The van der Waals surface area contributed by atoms with Crippen molar-refractivity contribution in [1.29, 1.82) is 0 Å². The van der Waals surface area contributed by atoms with Crippen LogP contribution in [-0.4, -0.2) is 50.2 Å². The van der Waals surface area contributed by atoms with Gasteiger partial charge in [0.2, 0.25) is 5.95 Å². The third kappa shape index (κ3) is 2.85. The van der Waals surface area contributed by atoms with Crippen LogP contribution in [0.5, 0.6) is 0 Å². The van der Waals surface area contributed by atoms with Gasteiger partial charge in [-0.3, -0.25) is 0 Å². The zero-order chi connectivity index (χ0) is 12.3. The number of rotatable bonds is 3. The van der Waals surface area contributed by atoms with Gasteiger partial charge in [0, 0.05) is 33.4 Å². The van der Waals surface area contributed by atoms with Crippen LogP contribution in [0.3, 0.4) is 0 Å². The smallest absolute Gasteiger partial charge is 0.226 e. The Morgan fingerprint density at radius 2 is 1.94 bits per heavy atom. The normalized spacial score (nSPS) is 16.9. The average Bonchev–Trinajstić information content (AvgIpc) is 2.39. The van der Waals surface area contributed by atoms with E-state index in [9.17, 15) is 0 Å². The zero-order valence-corrected chi connectivity index (χ0v) is 10.8. The fourth-order valence-electron chi connectivity index (χ4n) is 2.13. The molecule has 0 saturated carbocycles. The zero-order valence-electron chi connectivity index (χ0n) is 10.8. The molecule has 5 heteroatoms. The third-order valence-electron chi connectivity index (χ3n) is 3.25. The standard InChI is InChI=1S/C12H21N5/c1-16(2)12-14-9-6-11(15-12)17(3)10-4-7-13-8-5-10/h6,9-10,13H,4-5,7-8H2,1-3H3. The second kappa shape index (κ2) is 5.31. The lowest BCUT2D eigenvalue weighted by molar-refractivity contribution is 0.441. The first-order valence-corrected chi connectivity index (χ1v) is 6.12. The van der Waals surface area contributed by atoms with Crippen molar-refractivity contribution >= 4 is 11.8 Å². The summed E-state index contributed by atoms with van der Waals surface area (Å²) in [5.41, 5.74) is 0. The van der Waals surface area contributed by atoms with Gasteiger partial charge in [-0.1, -0.05) is 0 Å². The monoisotopic (exact) mass is 235 g/mol. The summed E-state index contributed by atoms with van der Waals surface area (Å²) < 4.78 is 0. The first-order valence-electron chi connectivity index (χ1n) is 6.12. The molecule has 0 aromatic carbocycles. The van der Waals surface area contributed by atoms with Gasteiger partial charge in [-0.05, 0) is 32.0 Å². The van der Waals surface area contributed by atoms with E-state index in [2.05, 4.69) is 27.2 Å². The maximum atomic E-state index is 4.57. The van der Waals surface area contributed by atoms with E-state index in [0.717, 1.165) is 24.9 Å². The Kier molecular flexibility index (Phi) is 3.78. The first-order chi connectivity index (χ1) is 8.18. The Morgan fingerprint density at radius 1 is 1.24 bits per heavy atom. The summed E-state index contributed by atoms with van der Waals surface area (Å²) >= 11 is 0. The molecule has 1 aliphatic heterocycles. The Morgan fingerprint density at radius 3 is 2.59 bits per heavy atom. The van der Waals surface area contributed by atoms with Crippen LogP contribution in [0.15, 0.2) is 12.3 Å². The molecule has 0 amide bonds. The first kappa shape index (κ1) is 12.1. The summed E-state index contributed by atoms with van der Waals surface area (Å²) in [6.45, 7) is 2.20. The summed E-state index contributed by atoms with van der Waals surface area (Å²) in [7, 11) is 6.05. The van der Waals surface area contributed by atoms with Crippen molar-refractivity contribution in [3.63, 3.8) is 0 Å². The summed E-state index contributed by atoms with van der Waals surface area (Å²) in [6.07, 6.45) is 4.19. The van der Waals surface area contributed by atoms with E-state index in [1.807, 2.05) is 31.3 Å². The highest BCUT2D eigenvalue weighted by Gasteiger charge is 2.19. The minimum absolute atomic E-state index is 0.584. The van der Waals surface area contributed by atoms with Crippen molar-refractivity contribution in [3.05, 3.63) is 12.3 Å². The van der Waals surface area contributed by atoms with Gasteiger partial charge >= 0.3 is 0 Å². The number of hydrogen-bond donors (Lipinski definition) is 1. The molecule has 0 radical (unpaired) electrons. The molecule has 1 fully saturated rings. The highest BCUT2D eigenvalue weighted by molar-refractivity contribution is 5.43. The van der Waals surface area contributed by atoms with Crippen LogP contribution in [0.25, 0.3) is 0 Å². The Labute approximate surface area is 103 Å². The Hall–Kier alpha value is -1.36. The molecule has 0 spiro atoms. The van der Waals surface area contributed by atoms with E-state index >= 15 is 0 Å². The van der Waals surface area contributed by atoms with Crippen LogP contribution in [-0.2, 0) is 0 Å². The fourth-order valence-corrected chi connectivity index (χ4v) is 2.13. The second-order valence-corrected chi connectivity index (χ2v) is 4.70. The summed E-state index contributed by atoms with van der Waals surface area (Å²) in [4.78, 5) is 13.0. The molecule has 0 bridgehead atoms. The topological polar surface area (TPSA) is 44.3 Å². The molecule has 0 unspecified atom stereocenters. The quantitative estimate of drug-likeness (QED) is 0.837. The van der Waals surface area contributed by atoms with Crippen LogP contribution in [0, 0.1) is 0 Å². The highest BCUT2D eigenvalue weighted by atomic mass is 15.3. The molecule has 1 saturated heterocycles. The largest absolute Gasteiger partial charge is 0.356 e. The maximum Gasteiger partial charge on any atom is 0.226 e. The molecule has 1 aliphatic rings. The van der Waals surface area contributed by atoms with Gasteiger partial charge in [0.1, 0.15) is 5.82 Å². The highest BCUT2D eigenvalue weighted by Crippen LogP contribution is 2.18. The SMILES string of the molecule is CN(C)c1nccc(N(C)C2CCNCC2)n1. The minimum Gasteiger partial charge on any atom is -0.356 e. The maximum absolute atomic E-state index is 4.57. The molecule has 2 rings (SSSR count). The molecular weight excluding hydrogens is 214 g/mol. The molecule has 94 valence electrons. The van der Waals surface area contributed by atoms with Crippen molar-refractivity contribution < 1.29 is 0 Å². The molecule has 2 heterocycles. The molecule has 0 atom stereocenters. The van der Waals surface area contributed by atoms with Crippen LogP contribution in [0.1, 0.15) is 12.8 Å². The van der Waals surface area contributed by atoms with Gasteiger partial charge in [0.15, 0.2) is 0 Å². The molecule has 17 heavy (non-hydrogen) atoms. The van der Waals surface area contributed by atoms with Gasteiger partial charge in [-0.25, -0.2) is 4.98 Å². The summed E-state index contributed by atoms with van der Waals surface area (Å²) in [5, 5.41) is 3.38. The van der Waals surface area contributed by atoms with Gasteiger partial charge in [-0.15, -0.1) is 0 Å². The van der Waals surface area contributed by atoms with Gasteiger partial charge in [-0.2, -0.15) is 4.98 Å². The van der Waals surface area contributed by atoms with E-state index in [-0.39, 0.29) is 0 Å². The van der Waals surface area contributed by atoms with Crippen molar-refractivity contribution in [3.8, 4) is 0 Å². The predicted molar refractivity (Wildman–Crippen MR) is 70.7 cm³/mol. The average molecular weight is 235 g/mol. The molecule has 5 nitrogen and oxygen atoms in total. The number of piperidine rings is 1. The number of anilines is 2. The van der Waals surface area contributed by atoms with Gasteiger partial charge in [0.25, 0.3) is 0 Å². The van der Waals surface area contributed by atoms with Crippen LogP contribution >= 0.6 is 0 Å². The molecule has 0 aliphatic carbocycles. The van der Waals surface area contributed by atoms with E-state index < -0.39 is 0 Å². The number of hydrogen-bond acceptors (Lipinski definition) is 5. The van der Waals surface area contributed by atoms with Crippen LogP contribution in [0.2, 0.25) is 0 Å². The lowest BCUT2D eigenvalue weighted by atomic mass is 10.1. The second-order valence-electron chi connectivity index (χ2n) is 4.70. The van der Waals surface area contributed by atoms with E-state index in [1.54, 1.807) is 0 Å². The summed E-state index contributed by atoms with van der Waals surface area (Å²) in [5.74, 6) is 1.78. The van der Waals surface area contributed by atoms with E-state index in [4.69, 9.17) is 0 Å². The number of aromatic nitrogens is 2. The van der Waals surface area contributed by atoms with Crippen molar-refractivity contribution in [2.45, 2.75) is 18.9 Å². The lowest BCUT2D eigenvalue weighted by Crippen LogP contribution is -2.41. The molecule has 1 aromatic rings. The van der Waals surface area contributed by atoms with E-state index in [0.29, 0.717) is 6.04 Å². The molecule has 1 aromatic heterocycles. The molecular formula is C12H21N5. The van der Waals surface area contributed by atoms with Gasteiger partial charge < -0.3 is 15.1 Å². The van der Waals surface area contributed by atoms with Crippen LogP contribution < -0.4 is 15.1 Å². The Balaban J connectivity index is 2.12. The summed E-state index contributed by atoms with van der Waals surface area (Å²) in [6, 6.07) is 2.57. The number of nitrogens with one attached hydrogen (secondary N) is 1. The minimum atomic E-state index is 0.584. The van der Waals surface area contributed by atoms with E-state index in [1.165, 1.54) is 12.8 Å². The third-order valence-corrected chi connectivity index (χ3v) is 3.25. The fraction of sp³-hybridized carbons (Fsp3) is 0.667. The number of nitrogens with zero attached hydrogens (tertiary/aromatic N) is 4. The van der Waals surface area contributed by atoms with Crippen molar-refractivity contribution in [2.75, 3.05) is 44.0 Å². The molecule has 1 N–H and O–H groups in total.